The second-order valence-corrected chi connectivity index (χ2v) is 5.50. The molecule has 6 nitrogen and oxygen atoms in total. The summed E-state index contributed by atoms with van der Waals surface area (Å²) in [4.78, 5) is 23.2. The van der Waals surface area contributed by atoms with Crippen LogP contribution in [0.3, 0.4) is 0 Å². The molecule has 122 valence electrons. The number of non-ortho nitro benzene ring substituents is 1. The van der Waals surface area contributed by atoms with Crippen molar-refractivity contribution in [2.45, 2.75) is 19.9 Å². The lowest BCUT2D eigenvalue weighted by Gasteiger charge is -2.10. The van der Waals surface area contributed by atoms with Crippen molar-refractivity contribution in [2.75, 3.05) is 5.32 Å². The molecule has 1 heterocycles. The zero-order chi connectivity index (χ0) is 17.1. The van der Waals surface area contributed by atoms with Gasteiger partial charge >= 0.3 is 0 Å². The summed E-state index contributed by atoms with van der Waals surface area (Å²) in [7, 11) is 0. The van der Waals surface area contributed by atoms with Gasteiger partial charge < -0.3 is 9.88 Å². The predicted octanol–water partition coefficient (Wildman–Crippen LogP) is 4.21. The Labute approximate surface area is 138 Å². The number of hydrogen-bond donors (Lipinski definition) is 1. The van der Waals surface area contributed by atoms with Gasteiger partial charge in [0.2, 0.25) is 0 Å². The standard InChI is InChI=1S/C18H17N3O3/c1-2-10-20-16-9-8-15(21(23)24)11-13(16)12-17(20)18(22)19-14-6-4-3-5-7-14/h3-9,11-12H,2,10H2,1H3,(H,19,22). The number of benzene rings is 2. The van der Waals surface area contributed by atoms with E-state index in [4.69, 9.17) is 0 Å². The molecule has 2 aromatic carbocycles. The number of aryl methyl sites for hydroxylation is 1. The molecule has 0 spiro atoms. The lowest BCUT2D eigenvalue weighted by Crippen LogP contribution is -2.17. The van der Waals surface area contributed by atoms with Crippen LogP contribution in [0, 0.1) is 10.1 Å². The number of nitrogens with one attached hydrogen (secondary N) is 1. The number of para-hydroxylation sites is 1. The molecule has 24 heavy (non-hydrogen) atoms. The minimum atomic E-state index is -0.430. The van der Waals surface area contributed by atoms with Gasteiger partial charge in [0, 0.05) is 35.3 Å². The topological polar surface area (TPSA) is 77.2 Å². The number of anilines is 1. The van der Waals surface area contributed by atoms with Crippen molar-refractivity contribution in [3.63, 3.8) is 0 Å². The fourth-order valence-electron chi connectivity index (χ4n) is 2.74. The van der Waals surface area contributed by atoms with Crippen molar-refractivity contribution in [2.24, 2.45) is 0 Å². The highest BCUT2D eigenvalue weighted by molar-refractivity contribution is 6.06. The molecule has 0 atom stereocenters. The number of aromatic nitrogens is 1. The molecule has 0 bridgehead atoms. The Bertz CT molecular complexity index is 901. The van der Waals surface area contributed by atoms with E-state index < -0.39 is 4.92 Å². The zero-order valence-corrected chi connectivity index (χ0v) is 13.2. The van der Waals surface area contributed by atoms with E-state index in [-0.39, 0.29) is 11.6 Å². The maximum atomic E-state index is 12.6. The van der Waals surface area contributed by atoms with Crippen LogP contribution in [0.25, 0.3) is 10.9 Å². The van der Waals surface area contributed by atoms with Crippen molar-refractivity contribution in [1.29, 1.82) is 0 Å². The predicted molar refractivity (Wildman–Crippen MR) is 93.3 cm³/mol. The van der Waals surface area contributed by atoms with Crippen LogP contribution >= 0.6 is 0 Å². The molecule has 0 aliphatic carbocycles. The fraction of sp³-hybridized carbons (Fsp3) is 0.167. The molecule has 0 unspecified atom stereocenters. The van der Waals surface area contributed by atoms with Crippen molar-refractivity contribution >= 4 is 28.2 Å². The minimum Gasteiger partial charge on any atom is -0.336 e. The second kappa shape index (κ2) is 6.54. The van der Waals surface area contributed by atoms with Gasteiger partial charge in [-0.1, -0.05) is 25.1 Å². The summed E-state index contributed by atoms with van der Waals surface area (Å²) in [5.41, 5.74) is 2.05. The Morgan fingerprint density at radius 3 is 2.58 bits per heavy atom. The molecule has 1 N–H and O–H groups in total. The van der Waals surface area contributed by atoms with Crippen molar-refractivity contribution < 1.29 is 9.72 Å². The highest BCUT2D eigenvalue weighted by atomic mass is 16.6. The number of amides is 1. The third kappa shape index (κ3) is 2.99. The van der Waals surface area contributed by atoms with E-state index in [0.717, 1.165) is 11.9 Å². The number of nitrogens with zero attached hydrogens (tertiary/aromatic N) is 2. The summed E-state index contributed by atoms with van der Waals surface area (Å²) in [6, 6.07) is 15.6. The number of hydrogen-bond acceptors (Lipinski definition) is 3. The van der Waals surface area contributed by atoms with Crippen molar-refractivity contribution in [1.82, 2.24) is 4.57 Å². The molecular formula is C18H17N3O3. The van der Waals surface area contributed by atoms with Gasteiger partial charge in [0.05, 0.1) is 4.92 Å². The summed E-state index contributed by atoms with van der Waals surface area (Å²) in [6.07, 6.45) is 0.854. The molecular weight excluding hydrogens is 306 g/mol. The van der Waals surface area contributed by atoms with Gasteiger partial charge in [0.1, 0.15) is 5.69 Å². The Hall–Kier alpha value is -3.15. The van der Waals surface area contributed by atoms with Crippen LogP contribution in [-0.2, 0) is 6.54 Å². The molecule has 6 heteroatoms. The largest absolute Gasteiger partial charge is 0.336 e. The third-order valence-corrected chi connectivity index (χ3v) is 3.81. The average Bonchev–Trinajstić information content (AvgIpc) is 2.94. The summed E-state index contributed by atoms with van der Waals surface area (Å²) >= 11 is 0. The molecule has 1 amide bonds. The third-order valence-electron chi connectivity index (χ3n) is 3.81. The van der Waals surface area contributed by atoms with E-state index in [1.807, 2.05) is 41.8 Å². The summed E-state index contributed by atoms with van der Waals surface area (Å²) in [6.45, 7) is 2.69. The SMILES string of the molecule is CCCn1c(C(=O)Nc2ccccc2)cc2cc([N+](=O)[O-])ccc21. The van der Waals surface area contributed by atoms with Gasteiger partial charge in [0.15, 0.2) is 0 Å². The molecule has 3 aromatic rings. The van der Waals surface area contributed by atoms with Crippen molar-refractivity contribution in [3.8, 4) is 0 Å². The second-order valence-electron chi connectivity index (χ2n) is 5.50. The van der Waals surface area contributed by atoms with E-state index in [1.165, 1.54) is 12.1 Å². The fourth-order valence-corrected chi connectivity index (χ4v) is 2.74. The Kier molecular flexibility index (Phi) is 4.29. The van der Waals surface area contributed by atoms with Crippen LogP contribution in [0.4, 0.5) is 11.4 Å². The first-order valence-electron chi connectivity index (χ1n) is 7.74. The van der Waals surface area contributed by atoms with Crippen LogP contribution in [0.2, 0.25) is 0 Å². The Morgan fingerprint density at radius 1 is 1.17 bits per heavy atom. The van der Waals surface area contributed by atoms with Gasteiger partial charge in [-0.3, -0.25) is 14.9 Å². The van der Waals surface area contributed by atoms with E-state index in [0.29, 0.717) is 23.3 Å². The highest BCUT2D eigenvalue weighted by Gasteiger charge is 2.17. The first-order chi connectivity index (χ1) is 11.6. The van der Waals surface area contributed by atoms with Gasteiger partial charge in [-0.15, -0.1) is 0 Å². The number of carbonyl (C=O) groups excluding carboxylic acids is 1. The number of fused-ring (bicyclic) bond motifs is 1. The first kappa shape index (κ1) is 15.7. The van der Waals surface area contributed by atoms with E-state index in [1.54, 1.807) is 12.1 Å². The monoisotopic (exact) mass is 323 g/mol. The number of nitro groups is 1. The molecule has 1 aromatic heterocycles. The number of carbonyl (C=O) groups is 1. The van der Waals surface area contributed by atoms with E-state index >= 15 is 0 Å². The smallest absolute Gasteiger partial charge is 0.272 e. The van der Waals surface area contributed by atoms with Gasteiger partial charge in [-0.05, 0) is 30.7 Å². The van der Waals surface area contributed by atoms with Gasteiger partial charge in [0.25, 0.3) is 11.6 Å². The minimum absolute atomic E-state index is 0.0196. The first-order valence-corrected chi connectivity index (χ1v) is 7.74. The van der Waals surface area contributed by atoms with Crippen LogP contribution in [0.15, 0.2) is 54.6 Å². The maximum Gasteiger partial charge on any atom is 0.272 e. The van der Waals surface area contributed by atoms with Crippen LogP contribution in [0.5, 0.6) is 0 Å². The van der Waals surface area contributed by atoms with Gasteiger partial charge in [-0.25, -0.2) is 0 Å². The maximum absolute atomic E-state index is 12.6. The summed E-state index contributed by atoms with van der Waals surface area (Å²) < 4.78 is 1.90. The molecule has 0 fully saturated rings. The van der Waals surface area contributed by atoms with Crippen LogP contribution < -0.4 is 5.32 Å². The molecule has 0 aliphatic heterocycles. The van der Waals surface area contributed by atoms with Crippen LogP contribution in [-0.4, -0.2) is 15.4 Å². The highest BCUT2D eigenvalue weighted by Crippen LogP contribution is 2.25. The number of nitro benzene ring substituents is 1. The number of rotatable bonds is 5. The van der Waals surface area contributed by atoms with E-state index in [9.17, 15) is 14.9 Å². The molecule has 0 saturated carbocycles. The van der Waals surface area contributed by atoms with Crippen LogP contribution in [0.1, 0.15) is 23.8 Å². The average molecular weight is 323 g/mol. The quantitative estimate of drug-likeness (QED) is 0.564. The lowest BCUT2D eigenvalue weighted by atomic mass is 10.2. The molecule has 0 radical (unpaired) electrons. The summed E-state index contributed by atoms with van der Waals surface area (Å²) in [5, 5.41) is 14.5. The lowest BCUT2D eigenvalue weighted by molar-refractivity contribution is -0.384. The van der Waals surface area contributed by atoms with Gasteiger partial charge in [-0.2, -0.15) is 0 Å². The van der Waals surface area contributed by atoms with E-state index in [2.05, 4.69) is 5.32 Å². The Morgan fingerprint density at radius 2 is 1.92 bits per heavy atom. The molecule has 0 aliphatic rings. The summed E-state index contributed by atoms with van der Waals surface area (Å²) in [5.74, 6) is -0.228. The Balaban J connectivity index is 2.03. The molecule has 0 saturated heterocycles. The molecule has 3 rings (SSSR count). The normalized spacial score (nSPS) is 10.7. The zero-order valence-electron chi connectivity index (χ0n) is 13.2. The van der Waals surface area contributed by atoms with Crippen molar-refractivity contribution in [3.05, 3.63) is 70.4 Å².